The maximum atomic E-state index is 13.4. The minimum absolute atomic E-state index is 0.213. The van der Waals surface area contributed by atoms with Crippen LogP contribution < -0.4 is 10.5 Å². The van der Waals surface area contributed by atoms with Gasteiger partial charge in [0, 0.05) is 23.3 Å². The molecular formula is C11H11FN2O. The molecule has 2 aromatic rings. The highest BCUT2D eigenvalue weighted by atomic mass is 19.1. The van der Waals surface area contributed by atoms with Gasteiger partial charge in [-0.3, -0.25) is 4.98 Å². The third-order valence-corrected chi connectivity index (χ3v) is 2.13. The monoisotopic (exact) mass is 206 g/mol. The van der Waals surface area contributed by atoms with Crippen molar-refractivity contribution in [2.45, 2.75) is 6.92 Å². The van der Waals surface area contributed by atoms with Gasteiger partial charge < -0.3 is 10.5 Å². The number of hydrogen-bond donors (Lipinski definition) is 1. The topological polar surface area (TPSA) is 48.1 Å². The molecule has 0 aliphatic rings. The molecule has 2 rings (SSSR count). The Bertz CT molecular complexity index is 499. The SMILES string of the molecule is CCOc1cc2c(N)ccnc2cc1F. The van der Waals surface area contributed by atoms with E-state index in [9.17, 15) is 4.39 Å². The summed E-state index contributed by atoms with van der Waals surface area (Å²) in [5.74, 6) is -0.202. The predicted octanol–water partition coefficient (Wildman–Crippen LogP) is 2.35. The molecule has 0 spiro atoms. The Hall–Kier alpha value is -1.84. The molecule has 0 fully saturated rings. The second-order valence-corrected chi connectivity index (χ2v) is 3.13. The molecule has 1 heterocycles. The zero-order chi connectivity index (χ0) is 10.8. The van der Waals surface area contributed by atoms with E-state index >= 15 is 0 Å². The second-order valence-electron chi connectivity index (χ2n) is 3.13. The van der Waals surface area contributed by atoms with Crippen molar-refractivity contribution < 1.29 is 9.13 Å². The number of nitrogens with two attached hydrogens (primary N) is 1. The molecule has 1 aromatic heterocycles. The summed E-state index contributed by atoms with van der Waals surface area (Å²) in [4.78, 5) is 4.03. The molecule has 15 heavy (non-hydrogen) atoms. The highest BCUT2D eigenvalue weighted by molar-refractivity contribution is 5.90. The Morgan fingerprint density at radius 2 is 2.27 bits per heavy atom. The zero-order valence-corrected chi connectivity index (χ0v) is 8.33. The van der Waals surface area contributed by atoms with Crippen molar-refractivity contribution in [2.24, 2.45) is 0 Å². The summed E-state index contributed by atoms with van der Waals surface area (Å²) in [6, 6.07) is 4.59. The Morgan fingerprint density at radius 1 is 1.47 bits per heavy atom. The summed E-state index contributed by atoms with van der Waals surface area (Å²) < 4.78 is 18.6. The van der Waals surface area contributed by atoms with E-state index in [-0.39, 0.29) is 5.75 Å². The molecule has 0 amide bonds. The third-order valence-electron chi connectivity index (χ3n) is 2.13. The van der Waals surface area contributed by atoms with Gasteiger partial charge in [-0.05, 0) is 19.1 Å². The Balaban J connectivity index is 2.66. The van der Waals surface area contributed by atoms with Gasteiger partial charge in [0.25, 0.3) is 0 Å². The van der Waals surface area contributed by atoms with E-state index in [1.54, 1.807) is 25.3 Å². The molecule has 0 saturated heterocycles. The van der Waals surface area contributed by atoms with Crippen molar-refractivity contribution in [3.8, 4) is 5.75 Å². The van der Waals surface area contributed by atoms with E-state index in [2.05, 4.69) is 4.98 Å². The number of nitrogens with zero attached hydrogens (tertiary/aromatic N) is 1. The molecule has 0 bridgehead atoms. The minimum atomic E-state index is -0.414. The van der Waals surface area contributed by atoms with Crippen molar-refractivity contribution in [2.75, 3.05) is 12.3 Å². The summed E-state index contributed by atoms with van der Waals surface area (Å²) in [6.07, 6.45) is 1.55. The lowest BCUT2D eigenvalue weighted by molar-refractivity contribution is 0.322. The number of nitrogen functional groups attached to an aromatic ring is 1. The lowest BCUT2D eigenvalue weighted by atomic mass is 10.2. The van der Waals surface area contributed by atoms with Gasteiger partial charge in [-0.15, -0.1) is 0 Å². The first-order valence-corrected chi connectivity index (χ1v) is 4.69. The normalized spacial score (nSPS) is 10.5. The summed E-state index contributed by atoms with van der Waals surface area (Å²) in [6.45, 7) is 2.22. The smallest absolute Gasteiger partial charge is 0.167 e. The van der Waals surface area contributed by atoms with Gasteiger partial charge in [0.2, 0.25) is 0 Å². The van der Waals surface area contributed by atoms with E-state index in [1.165, 1.54) is 6.07 Å². The number of hydrogen-bond acceptors (Lipinski definition) is 3. The van der Waals surface area contributed by atoms with Gasteiger partial charge in [0.05, 0.1) is 12.1 Å². The zero-order valence-electron chi connectivity index (χ0n) is 8.33. The van der Waals surface area contributed by atoms with E-state index in [4.69, 9.17) is 10.5 Å². The van der Waals surface area contributed by atoms with Crippen LogP contribution in [0.15, 0.2) is 24.4 Å². The van der Waals surface area contributed by atoms with Gasteiger partial charge >= 0.3 is 0 Å². The number of ether oxygens (including phenoxy) is 1. The largest absolute Gasteiger partial charge is 0.491 e. The molecule has 1 aromatic carbocycles. The van der Waals surface area contributed by atoms with Crippen LogP contribution in [0.5, 0.6) is 5.75 Å². The van der Waals surface area contributed by atoms with Gasteiger partial charge in [-0.1, -0.05) is 0 Å². The summed E-state index contributed by atoms with van der Waals surface area (Å²) >= 11 is 0. The number of fused-ring (bicyclic) bond motifs is 1. The van der Waals surface area contributed by atoms with Gasteiger partial charge in [0.1, 0.15) is 0 Å². The highest BCUT2D eigenvalue weighted by Crippen LogP contribution is 2.26. The van der Waals surface area contributed by atoms with Crippen LogP contribution in [0.25, 0.3) is 10.9 Å². The Labute approximate surface area is 86.7 Å². The number of aromatic nitrogens is 1. The first-order chi connectivity index (χ1) is 7.22. The molecule has 78 valence electrons. The van der Waals surface area contributed by atoms with Crippen LogP contribution in [-0.2, 0) is 0 Å². The van der Waals surface area contributed by atoms with Gasteiger partial charge in [0.15, 0.2) is 11.6 Å². The number of benzene rings is 1. The fourth-order valence-electron chi connectivity index (χ4n) is 1.43. The van der Waals surface area contributed by atoms with Crippen molar-refractivity contribution in [3.05, 3.63) is 30.2 Å². The number of anilines is 1. The van der Waals surface area contributed by atoms with Crippen molar-refractivity contribution >= 4 is 16.6 Å². The molecule has 0 aliphatic carbocycles. The van der Waals surface area contributed by atoms with Crippen molar-refractivity contribution in [1.29, 1.82) is 0 Å². The fourth-order valence-corrected chi connectivity index (χ4v) is 1.43. The van der Waals surface area contributed by atoms with E-state index in [0.29, 0.717) is 23.2 Å². The Kier molecular flexibility index (Phi) is 2.41. The first kappa shape index (κ1) is 9.71. The maximum absolute atomic E-state index is 13.4. The minimum Gasteiger partial charge on any atom is -0.491 e. The average Bonchev–Trinajstić information content (AvgIpc) is 2.21. The predicted molar refractivity (Wildman–Crippen MR) is 57.3 cm³/mol. The van der Waals surface area contributed by atoms with Crippen molar-refractivity contribution in [1.82, 2.24) is 4.98 Å². The standard InChI is InChI=1S/C11H11FN2O/c1-2-15-11-5-7-9(13)3-4-14-10(7)6-8(11)12/h3-6H,2H2,1H3,(H2,13,14). The van der Waals surface area contributed by atoms with Crippen LogP contribution in [0.4, 0.5) is 10.1 Å². The summed E-state index contributed by atoms with van der Waals surface area (Å²) in [5.41, 5.74) is 6.86. The van der Waals surface area contributed by atoms with Crippen LogP contribution in [-0.4, -0.2) is 11.6 Å². The Morgan fingerprint density at radius 3 is 3.00 bits per heavy atom. The quantitative estimate of drug-likeness (QED) is 0.820. The lowest BCUT2D eigenvalue weighted by Crippen LogP contribution is -1.96. The maximum Gasteiger partial charge on any atom is 0.167 e. The second kappa shape index (κ2) is 3.73. The van der Waals surface area contributed by atoms with Crippen LogP contribution in [0.1, 0.15) is 6.92 Å². The summed E-state index contributed by atoms with van der Waals surface area (Å²) in [7, 11) is 0. The van der Waals surface area contributed by atoms with E-state index < -0.39 is 5.82 Å². The molecule has 0 unspecified atom stereocenters. The van der Waals surface area contributed by atoms with Gasteiger partial charge in [-0.25, -0.2) is 4.39 Å². The number of pyridine rings is 1. The van der Waals surface area contributed by atoms with Crippen LogP contribution in [0, 0.1) is 5.82 Å². The number of rotatable bonds is 2. The lowest BCUT2D eigenvalue weighted by Gasteiger charge is -2.07. The van der Waals surface area contributed by atoms with Crippen LogP contribution in [0.2, 0.25) is 0 Å². The van der Waals surface area contributed by atoms with E-state index in [1.807, 2.05) is 0 Å². The first-order valence-electron chi connectivity index (χ1n) is 4.69. The third kappa shape index (κ3) is 1.70. The molecule has 0 saturated carbocycles. The van der Waals surface area contributed by atoms with Crippen molar-refractivity contribution in [3.63, 3.8) is 0 Å². The highest BCUT2D eigenvalue weighted by Gasteiger charge is 2.07. The molecular weight excluding hydrogens is 195 g/mol. The molecule has 0 aliphatic heterocycles. The molecule has 0 atom stereocenters. The number of halogens is 1. The molecule has 0 radical (unpaired) electrons. The van der Waals surface area contributed by atoms with Crippen LogP contribution >= 0.6 is 0 Å². The van der Waals surface area contributed by atoms with E-state index in [0.717, 1.165) is 0 Å². The molecule has 2 N–H and O–H groups in total. The molecule has 4 heteroatoms. The molecule has 3 nitrogen and oxygen atoms in total. The van der Waals surface area contributed by atoms with Crippen LogP contribution in [0.3, 0.4) is 0 Å². The van der Waals surface area contributed by atoms with Gasteiger partial charge in [-0.2, -0.15) is 0 Å². The summed E-state index contributed by atoms with van der Waals surface area (Å²) in [5, 5.41) is 0.711. The average molecular weight is 206 g/mol. The fraction of sp³-hybridized carbons (Fsp3) is 0.182.